The Balaban J connectivity index is 2.22. The lowest BCUT2D eigenvalue weighted by molar-refractivity contribution is -0.136. The topological polar surface area (TPSA) is 99.0 Å². The lowest BCUT2D eigenvalue weighted by Gasteiger charge is -2.40. The van der Waals surface area contributed by atoms with E-state index in [1.54, 1.807) is 12.1 Å². The third kappa shape index (κ3) is 8.18. The van der Waals surface area contributed by atoms with E-state index in [4.69, 9.17) is 9.53 Å². The summed E-state index contributed by atoms with van der Waals surface area (Å²) in [5, 5.41) is 32.8. The normalized spacial score (nSPS) is 13.7. The number of phenols is 2. The summed E-state index contributed by atoms with van der Waals surface area (Å²) in [7, 11) is -2.14. The molecule has 0 fully saturated rings. The summed E-state index contributed by atoms with van der Waals surface area (Å²) >= 11 is 0. The number of nitrogens with one attached hydrogen (secondary N) is 1. The van der Waals surface area contributed by atoms with Gasteiger partial charge in [-0.1, -0.05) is 45.0 Å². The summed E-state index contributed by atoms with van der Waals surface area (Å²) in [6.07, 6.45) is 0.366. The van der Waals surface area contributed by atoms with E-state index in [1.807, 2.05) is 24.3 Å². The highest BCUT2D eigenvalue weighted by molar-refractivity contribution is 6.74. The van der Waals surface area contributed by atoms with Gasteiger partial charge in [-0.15, -0.1) is 0 Å². The van der Waals surface area contributed by atoms with E-state index in [9.17, 15) is 15.0 Å². The van der Waals surface area contributed by atoms with E-state index in [1.165, 1.54) is 6.07 Å². The van der Waals surface area contributed by atoms with Gasteiger partial charge in [0.15, 0.2) is 8.32 Å². The lowest BCUT2D eigenvalue weighted by atomic mass is 9.93. The first-order chi connectivity index (χ1) is 15.1. The van der Waals surface area contributed by atoms with Gasteiger partial charge < -0.3 is 25.1 Å². The summed E-state index contributed by atoms with van der Waals surface area (Å²) in [6, 6.07) is 12.3. The van der Waals surface area contributed by atoms with Crippen LogP contribution in [0.2, 0.25) is 18.1 Å². The van der Waals surface area contributed by atoms with Crippen molar-refractivity contribution in [2.24, 2.45) is 0 Å². The summed E-state index contributed by atoms with van der Waals surface area (Å²) in [6.45, 7) is 15.6. The Morgan fingerprint density at radius 1 is 1.00 bits per heavy atom. The Bertz CT molecular complexity index is 945. The van der Waals surface area contributed by atoms with Gasteiger partial charge in [-0.25, -0.2) is 0 Å². The van der Waals surface area contributed by atoms with Crippen LogP contribution < -0.4 is 5.32 Å². The summed E-state index contributed by atoms with van der Waals surface area (Å²) < 4.78 is 6.70. The molecule has 2 aromatic carbocycles. The van der Waals surface area contributed by atoms with Crippen molar-refractivity contribution in [3.05, 3.63) is 59.2 Å². The molecule has 0 aromatic heterocycles. The first-order valence-electron chi connectivity index (χ1n) is 11.3. The number of phenolic OH excluding ortho intramolecular Hbond substituents is 2. The highest BCUT2D eigenvalue weighted by Crippen LogP contribution is 2.40. The fraction of sp³-hybridized carbons (Fsp3) is 0.500. The first-order valence-corrected chi connectivity index (χ1v) is 14.2. The zero-order chi connectivity index (χ0) is 25.0. The quantitative estimate of drug-likeness (QED) is 0.345. The molecule has 0 saturated heterocycles. The van der Waals surface area contributed by atoms with Crippen LogP contribution in [0.25, 0.3) is 0 Å². The van der Waals surface area contributed by atoms with Crippen LogP contribution in [0.1, 0.15) is 57.4 Å². The maximum absolute atomic E-state index is 11.1. The van der Waals surface area contributed by atoms with E-state index in [0.29, 0.717) is 13.0 Å². The molecule has 0 aliphatic carbocycles. The molecule has 6 nitrogen and oxygen atoms in total. The Morgan fingerprint density at radius 2 is 1.58 bits per heavy atom. The molecule has 0 heterocycles. The second kappa shape index (κ2) is 10.3. The SMILES string of the molecule is CC(C)(Cc1cccc(CC(=O)O)c1)NCC(O[Si](C)(C)C(C)(C)C)c1cc(O)cc(O)c1. The van der Waals surface area contributed by atoms with E-state index < -0.39 is 14.3 Å². The van der Waals surface area contributed by atoms with Crippen LogP contribution in [0.4, 0.5) is 0 Å². The molecule has 4 N–H and O–H groups in total. The number of hydrogen-bond acceptors (Lipinski definition) is 5. The number of rotatable bonds is 10. The minimum absolute atomic E-state index is 0.00309. The minimum atomic E-state index is -2.14. The number of carboxylic acid groups (broad SMARTS) is 1. The van der Waals surface area contributed by atoms with Crippen LogP contribution in [0.3, 0.4) is 0 Å². The van der Waals surface area contributed by atoms with Crippen molar-refractivity contribution in [2.45, 2.75) is 77.2 Å². The molecule has 33 heavy (non-hydrogen) atoms. The van der Waals surface area contributed by atoms with E-state index in [-0.39, 0.29) is 34.6 Å². The molecule has 0 bridgehead atoms. The average Bonchev–Trinajstić information content (AvgIpc) is 2.62. The zero-order valence-corrected chi connectivity index (χ0v) is 21.9. The third-order valence-corrected chi connectivity index (χ3v) is 10.8. The second-order valence-electron chi connectivity index (χ2n) is 11.0. The third-order valence-electron chi connectivity index (χ3n) is 6.30. The lowest BCUT2D eigenvalue weighted by Crippen LogP contribution is -2.47. The molecule has 1 unspecified atom stereocenters. The smallest absolute Gasteiger partial charge is 0.307 e. The van der Waals surface area contributed by atoms with Gasteiger partial charge in [0.1, 0.15) is 11.5 Å². The number of carbonyl (C=O) groups is 1. The van der Waals surface area contributed by atoms with Crippen molar-refractivity contribution >= 4 is 14.3 Å². The van der Waals surface area contributed by atoms with E-state index in [2.05, 4.69) is 53.0 Å². The summed E-state index contributed by atoms with van der Waals surface area (Å²) in [4.78, 5) is 11.1. The van der Waals surface area contributed by atoms with Crippen molar-refractivity contribution in [3.63, 3.8) is 0 Å². The fourth-order valence-corrected chi connectivity index (χ4v) is 4.81. The van der Waals surface area contributed by atoms with Crippen molar-refractivity contribution < 1.29 is 24.5 Å². The summed E-state index contributed by atoms with van der Waals surface area (Å²) in [5.74, 6) is -0.837. The average molecular weight is 474 g/mol. The Hall–Kier alpha value is -2.35. The summed E-state index contributed by atoms with van der Waals surface area (Å²) in [5.41, 5.74) is 2.27. The number of carboxylic acids is 1. The Kier molecular flexibility index (Phi) is 8.38. The predicted octanol–water partition coefficient (Wildman–Crippen LogP) is 5.40. The maximum atomic E-state index is 11.1. The van der Waals surface area contributed by atoms with Gasteiger partial charge in [-0.2, -0.15) is 0 Å². The van der Waals surface area contributed by atoms with Crippen LogP contribution >= 0.6 is 0 Å². The van der Waals surface area contributed by atoms with Crippen molar-refractivity contribution in [1.82, 2.24) is 5.32 Å². The maximum Gasteiger partial charge on any atom is 0.307 e. The van der Waals surface area contributed by atoms with Crippen LogP contribution in [-0.2, 0) is 22.1 Å². The molecular formula is C26H39NO5Si. The molecule has 0 amide bonds. The van der Waals surface area contributed by atoms with Gasteiger partial charge >= 0.3 is 5.97 Å². The molecule has 2 aromatic rings. The van der Waals surface area contributed by atoms with Crippen LogP contribution in [0, 0.1) is 0 Å². The van der Waals surface area contributed by atoms with Crippen LogP contribution in [0.5, 0.6) is 11.5 Å². The van der Waals surface area contributed by atoms with Gasteiger partial charge in [0.05, 0.1) is 12.5 Å². The molecule has 0 saturated carbocycles. The monoisotopic (exact) mass is 473 g/mol. The molecule has 182 valence electrons. The van der Waals surface area contributed by atoms with Gasteiger partial charge in [0, 0.05) is 18.2 Å². The van der Waals surface area contributed by atoms with Gasteiger partial charge in [-0.05, 0) is 67.2 Å². The molecule has 2 rings (SSSR count). The van der Waals surface area contributed by atoms with Gasteiger partial charge in [0.2, 0.25) is 0 Å². The molecule has 0 aliphatic rings. The number of aromatic hydroxyl groups is 2. The van der Waals surface area contributed by atoms with Crippen molar-refractivity contribution in [3.8, 4) is 11.5 Å². The molecule has 1 atom stereocenters. The second-order valence-corrected chi connectivity index (χ2v) is 15.7. The molecule has 7 heteroatoms. The number of aliphatic carboxylic acids is 1. The van der Waals surface area contributed by atoms with Crippen molar-refractivity contribution in [1.29, 1.82) is 0 Å². The largest absolute Gasteiger partial charge is 0.508 e. The van der Waals surface area contributed by atoms with Gasteiger partial charge in [0.25, 0.3) is 0 Å². The van der Waals surface area contributed by atoms with E-state index >= 15 is 0 Å². The highest BCUT2D eigenvalue weighted by Gasteiger charge is 2.39. The van der Waals surface area contributed by atoms with Crippen LogP contribution in [0.15, 0.2) is 42.5 Å². The van der Waals surface area contributed by atoms with Crippen LogP contribution in [-0.4, -0.2) is 41.7 Å². The Labute approximate surface area is 198 Å². The molecular weight excluding hydrogens is 434 g/mol. The fourth-order valence-electron chi connectivity index (χ4n) is 3.53. The van der Waals surface area contributed by atoms with E-state index in [0.717, 1.165) is 16.7 Å². The molecule has 0 radical (unpaired) electrons. The standard InChI is InChI=1S/C26H39NO5Si/c1-25(2,3)33(6,7)32-23(20-13-21(28)15-22(29)14-20)17-27-26(4,5)16-19-10-8-9-18(11-19)12-24(30)31/h8-11,13-15,23,27-29H,12,16-17H2,1-7H3,(H,30,31). The number of hydrogen-bond donors (Lipinski definition) is 4. The first kappa shape index (κ1) is 26.9. The van der Waals surface area contributed by atoms with Gasteiger partial charge in [-0.3, -0.25) is 4.79 Å². The minimum Gasteiger partial charge on any atom is -0.508 e. The highest BCUT2D eigenvalue weighted by atomic mass is 28.4. The number of benzene rings is 2. The zero-order valence-electron chi connectivity index (χ0n) is 20.9. The molecule has 0 aliphatic heterocycles. The van der Waals surface area contributed by atoms with Crippen molar-refractivity contribution in [2.75, 3.05) is 6.54 Å². The Morgan fingerprint density at radius 3 is 2.12 bits per heavy atom. The predicted molar refractivity (Wildman–Crippen MR) is 134 cm³/mol. The molecule has 0 spiro atoms.